The first-order valence-corrected chi connectivity index (χ1v) is 4.89. The van der Waals surface area contributed by atoms with Gasteiger partial charge in [0.25, 0.3) is 0 Å². The largest absolute Gasteiger partial charge is 0.481 e. The summed E-state index contributed by atoms with van der Waals surface area (Å²) >= 11 is 5.85. The van der Waals surface area contributed by atoms with Gasteiger partial charge < -0.3 is 5.11 Å². The van der Waals surface area contributed by atoms with Crippen LogP contribution in [0.1, 0.15) is 12.1 Å². The number of rotatable bonds is 3. The van der Waals surface area contributed by atoms with Crippen molar-refractivity contribution in [2.45, 2.75) is 12.8 Å². The van der Waals surface area contributed by atoms with Crippen LogP contribution in [0.5, 0.6) is 0 Å². The Kier molecular flexibility index (Phi) is 2.60. The molecule has 0 amide bonds. The first-order chi connectivity index (χ1) is 7.16. The Balaban J connectivity index is 2.35. The first kappa shape index (κ1) is 9.98. The molecule has 0 radical (unpaired) electrons. The fraction of sp³-hybridized carbons (Fsp3) is 0.200. The highest BCUT2D eigenvalue weighted by atomic mass is 35.5. The molecule has 4 nitrogen and oxygen atoms in total. The summed E-state index contributed by atoms with van der Waals surface area (Å²) in [6.07, 6.45) is 0.524. The summed E-state index contributed by atoms with van der Waals surface area (Å²) in [5, 5.41) is 17.0. The zero-order valence-corrected chi connectivity index (χ0v) is 8.58. The maximum absolute atomic E-state index is 10.4. The van der Waals surface area contributed by atoms with Gasteiger partial charge in [0.05, 0.1) is 11.9 Å². The van der Waals surface area contributed by atoms with Crippen LogP contribution in [0, 0.1) is 0 Å². The second kappa shape index (κ2) is 3.90. The maximum Gasteiger partial charge on any atom is 0.303 e. The molecule has 15 heavy (non-hydrogen) atoms. The van der Waals surface area contributed by atoms with Crippen molar-refractivity contribution in [3.8, 4) is 0 Å². The normalized spacial score (nSPS) is 10.7. The summed E-state index contributed by atoms with van der Waals surface area (Å²) < 4.78 is 0. The fourth-order valence-electron chi connectivity index (χ4n) is 1.46. The van der Waals surface area contributed by atoms with Crippen molar-refractivity contribution in [3.63, 3.8) is 0 Å². The summed E-state index contributed by atoms with van der Waals surface area (Å²) in [4.78, 5) is 10.4. The molecule has 1 heterocycles. The Morgan fingerprint density at radius 2 is 2.33 bits per heavy atom. The van der Waals surface area contributed by atoms with Gasteiger partial charge in [-0.1, -0.05) is 11.6 Å². The average molecular weight is 225 g/mol. The van der Waals surface area contributed by atoms with Crippen molar-refractivity contribution in [1.29, 1.82) is 0 Å². The van der Waals surface area contributed by atoms with Crippen molar-refractivity contribution in [3.05, 3.63) is 28.9 Å². The third-order valence-corrected chi connectivity index (χ3v) is 2.42. The minimum atomic E-state index is -0.820. The van der Waals surface area contributed by atoms with Crippen LogP contribution in [0.2, 0.25) is 5.02 Å². The monoisotopic (exact) mass is 224 g/mol. The van der Waals surface area contributed by atoms with Crippen LogP contribution < -0.4 is 0 Å². The van der Waals surface area contributed by atoms with Crippen LogP contribution in [-0.2, 0) is 11.2 Å². The van der Waals surface area contributed by atoms with Gasteiger partial charge in [0.2, 0.25) is 0 Å². The zero-order valence-electron chi connectivity index (χ0n) is 7.83. The topological polar surface area (TPSA) is 66.0 Å². The number of aromatic nitrogens is 2. The van der Waals surface area contributed by atoms with Crippen molar-refractivity contribution in [2.24, 2.45) is 0 Å². The quantitative estimate of drug-likeness (QED) is 0.840. The molecule has 0 aliphatic heterocycles. The Bertz CT molecular complexity index is 507. The molecule has 0 fully saturated rings. The SMILES string of the molecule is O=C(O)CCc1[nH]nc2ccc(Cl)cc12. The van der Waals surface area contributed by atoms with Crippen LogP contribution in [0.25, 0.3) is 10.9 Å². The number of hydrogen-bond donors (Lipinski definition) is 2. The summed E-state index contributed by atoms with van der Waals surface area (Å²) in [5.74, 6) is -0.820. The lowest BCUT2D eigenvalue weighted by atomic mass is 10.1. The van der Waals surface area contributed by atoms with Gasteiger partial charge >= 0.3 is 5.97 Å². The number of aromatic amines is 1. The lowest BCUT2D eigenvalue weighted by Gasteiger charge is -1.95. The van der Waals surface area contributed by atoms with Crippen molar-refractivity contribution in [1.82, 2.24) is 10.2 Å². The van der Waals surface area contributed by atoms with E-state index in [2.05, 4.69) is 10.2 Å². The molecule has 0 unspecified atom stereocenters. The van der Waals surface area contributed by atoms with Crippen LogP contribution in [0.15, 0.2) is 18.2 Å². The van der Waals surface area contributed by atoms with E-state index < -0.39 is 5.97 Å². The molecule has 2 rings (SSSR count). The Morgan fingerprint density at radius 1 is 1.53 bits per heavy atom. The zero-order chi connectivity index (χ0) is 10.8. The number of hydrogen-bond acceptors (Lipinski definition) is 2. The van der Waals surface area contributed by atoms with Gasteiger partial charge in [-0.3, -0.25) is 9.89 Å². The minimum absolute atomic E-state index is 0.0871. The molecule has 1 aromatic carbocycles. The van der Waals surface area contributed by atoms with E-state index in [0.717, 1.165) is 16.6 Å². The minimum Gasteiger partial charge on any atom is -0.481 e. The second-order valence-corrected chi connectivity index (χ2v) is 3.69. The summed E-state index contributed by atoms with van der Waals surface area (Å²) in [6.45, 7) is 0. The number of nitrogens with zero attached hydrogens (tertiary/aromatic N) is 1. The number of nitrogens with one attached hydrogen (secondary N) is 1. The molecule has 0 bridgehead atoms. The molecule has 0 saturated heterocycles. The van der Waals surface area contributed by atoms with Gasteiger partial charge in [0.1, 0.15) is 0 Å². The molecule has 5 heteroatoms. The van der Waals surface area contributed by atoms with Crippen LogP contribution in [-0.4, -0.2) is 21.3 Å². The van der Waals surface area contributed by atoms with Crippen molar-refractivity contribution >= 4 is 28.5 Å². The highest BCUT2D eigenvalue weighted by molar-refractivity contribution is 6.31. The van der Waals surface area contributed by atoms with Crippen molar-refractivity contribution < 1.29 is 9.90 Å². The van der Waals surface area contributed by atoms with Gasteiger partial charge in [0.15, 0.2) is 0 Å². The number of H-pyrrole nitrogens is 1. The number of aryl methyl sites for hydroxylation is 1. The molecule has 0 atom stereocenters. The number of aliphatic carboxylic acids is 1. The molecule has 2 aromatic rings. The predicted molar refractivity (Wildman–Crippen MR) is 57.1 cm³/mol. The third-order valence-electron chi connectivity index (χ3n) is 2.18. The molecule has 1 aromatic heterocycles. The predicted octanol–water partition coefficient (Wildman–Crippen LogP) is 2.23. The van der Waals surface area contributed by atoms with E-state index in [1.54, 1.807) is 18.2 Å². The molecule has 0 aliphatic carbocycles. The molecular weight excluding hydrogens is 216 g/mol. The molecule has 2 N–H and O–H groups in total. The van der Waals surface area contributed by atoms with E-state index >= 15 is 0 Å². The lowest BCUT2D eigenvalue weighted by molar-refractivity contribution is -0.136. The number of carboxylic acid groups (broad SMARTS) is 1. The van der Waals surface area contributed by atoms with Crippen molar-refractivity contribution in [2.75, 3.05) is 0 Å². The first-order valence-electron chi connectivity index (χ1n) is 4.51. The van der Waals surface area contributed by atoms with Gasteiger partial charge in [-0.15, -0.1) is 0 Å². The second-order valence-electron chi connectivity index (χ2n) is 3.26. The summed E-state index contributed by atoms with van der Waals surface area (Å²) in [7, 11) is 0. The van der Waals surface area contributed by atoms with Gasteiger partial charge in [-0.25, -0.2) is 0 Å². The summed E-state index contributed by atoms with van der Waals surface area (Å²) in [5.41, 5.74) is 1.62. The molecule has 0 spiro atoms. The van der Waals surface area contributed by atoms with Crippen LogP contribution >= 0.6 is 11.6 Å². The average Bonchev–Trinajstić information content (AvgIpc) is 2.57. The van der Waals surface area contributed by atoms with E-state index in [1.165, 1.54) is 0 Å². The van der Waals surface area contributed by atoms with E-state index in [0.29, 0.717) is 11.4 Å². The molecule has 0 aliphatic rings. The standard InChI is InChI=1S/C10H9ClN2O2/c11-6-1-2-8-7(5-6)9(13-12-8)3-4-10(14)15/h1-2,5H,3-4H2,(H,12,13)(H,14,15). The smallest absolute Gasteiger partial charge is 0.303 e. The third kappa shape index (κ3) is 2.10. The number of benzene rings is 1. The Labute approximate surface area is 90.9 Å². The number of carbonyl (C=O) groups is 1. The highest BCUT2D eigenvalue weighted by Gasteiger charge is 2.07. The van der Waals surface area contributed by atoms with Gasteiger partial charge in [-0.2, -0.15) is 5.10 Å². The van der Waals surface area contributed by atoms with Gasteiger partial charge in [0, 0.05) is 22.5 Å². The number of fused-ring (bicyclic) bond motifs is 1. The highest BCUT2D eigenvalue weighted by Crippen LogP contribution is 2.21. The number of carboxylic acids is 1. The molecule has 0 saturated carbocycles. The lowest BCUT2D eigenvalue weighted by Crippen LogP contribution is -1.97. The Morgan fingerprint density at radius 3 is 3.07 bits per heavy atom. The van der Waals surface area contributed by atoms with E-state index in [4.69, 9.17) is 16.7 Å². The molecular formula is C10H9ClN2O2. The van der Waals surface area contributed by atoms with E-state index in [-0.39, 0.29) is 6.42 Å². The number of halogens is 1. The van der Waals surface area contributed by atoms with Crippen LogP contribution in [0.3, 0.4) is 0 Å². The summed E-state index contributed by atoms with van der Waals surface area (Å²) in [6, 6.07) is 5.35. The fourth-order valence-corrected chi connectivity index (χ4v) is 1.63. The van der Waals surface area contributed by atoms with E-state index in [1.807, 2.05) is 0 Å². The van der Waals surface area contributed by atoms with E-state index in [9.17, 15) is 4.79 Å². The maximum atomic E-state index is 10.4. The van der Waals surface area contributed by atoms with Crippen LogP contribution in [0.4, 0.5) is 0 Å². The van der Waals surface area contributed by atoms with Gasteiger partial charge in [-0.05, 0) is 18.2 Å². The Hall–Kier alpha value is -1.55. The molecule has 78 valence electrons.